The van der Waals surface area contributed by atoms with Gasteiger partial charge in [-0.2, -0.15) is 0 Å². The maximum absolute atomic E-state index is 2.40. The lowest BCUT2D eigenvalue weighted by atomic mass is 10.4. The van der Waals surface area contributed by atoms with Crippen LogP contribution < -0.4 is 0 Å². The molecule has 0 atom stereocenters. The third kappa shape index (κ3) is 1.48. The summed E-state index contributed by atoms with van der Waals surface area (Å²) in [5.74, 6) is 0. The zero-order valence-electron chi connectivity index (χ0n) is 5.72. The van der Waals surface area contributed by atoms with Crippen LogP contribution in [-0.4, -0.2) is 24.5 Å². The van der Waals surface area contributed by atoms with Crippen molar-refractivity contribution in [1.82, 2.24) is 4.90 Å². The molecule has 47 valence electrons. The van der Waals surface area contributed by atoms with Crippen LogP contribution in [0.3, 0.4) is 0 Å². The molecule has 1 aliphatic rings. The van der Waals surface area contributed by atoms with Crippen molar-refractivity contribution in [3.8, 4) is 0 Å². The molecule has 1 saturated carbocycles. The van der Waals surface area contributed by atoms with E-state index < -0.39 is 0 Å². The average molecular weight is 112 g/mol. The van der Waals surface area contributed by atoms with Crippen molar-refractivity contribution in [1.29, 1.82) is 0 Å². The quantitative estimate of drug-likeness (QED) is 0.532. The predicted molar refractivity (Wildman–Crippen MR) is 35.6 cm³/mol. The fourth-order valence-electron chi connectivity index (χ4n) is 0.952. The minimum atomic E-state index is 0.922. The number of rotatable bonds is 3. The molecular weight excluding hydrogens is 98.1 g/mol. The van der Waals surface area contributed by atoms with E-state index in [1.807, 2.05) is 0 Å². The minimum Gasteiger partial charge on any atom is -0.303 e. The van der Waals surface area contributed by atoms with Crippen molar-refractivity contribution in [3.05, 3.63) is 6.42 Å². The van der Waals surface area contributed by atoms with Crippen molar-refractivity contribution in [3.63, 3.8) is 0 Å². The summed E-state index contributed by atoms with van der Waals surface area (Å²) in [5, 5.41) is 0. The molecule has 0 bridgehead atoms. The summed E-state index contributed by atoms with van der Waals surface area (Å²) < 4.78 is 0. The van der Waals surface area contributed by atoms with E-state index in [1.165, 1.54) is 12.8 Å². The SMILES string of the molecule is C[CH]CN(C)C1CC1. The molecule has 1 heteroatoms. The monoisotopic (exact) mass is 112 g/mol. The molecule has 1 fully saturated rings. The maximum Gasteiger partial charge on any atom is 0.00934 e. The van der Waals surface area contributed by atoms with Gasteiger partial charge in [-0.25, -0.2) is 0 Å². The van der Waals surface area contributed by atoms with Crippen LogP contribution in [0.4, 0.5) is 0 Å². The predicted octanol–water partition coefficient (Wildman–Crippen LogP) is 1.30. The molecule has 0 unspecified atom stereocenters. The molecule has 0 aliphatic heterocycles. The van der Waals surface area contributed by atoms with Gasteiger partial charge in [0.2, 0.25) is 0 Å². The van der Waals surface area contributed by atoms with Crippen molar-refractivity contribution >= 4 is 0 Å². The smallest absolute Gasteiger partial charge is 0.00934 e. The first-order valence-electron chi connectivity index (χ1n) is 3.32. The van der Waals surface area contributed by atoms with E-state index in [2.05, 4.69) is 25.3 Å². The topological polar surface area (TPSA) is 3.24 Å². The molecule has 1 aliphatic carbocycles. The van der Waals surface area contributed by atoms with Gasteiger partial charge in [-0.05, 0) is 26.3 Å². The summed E-state index contributed by atoms with van der Waals surface area (Å²) in [4.78, 5) is 2.40. The summed E-state index contributed by atoms with van der Waals surface area (Å²) in [6.45, 7) is 3.27. The van der Waals surface area contributed by atoms with Crippen LogP contribution in [0.1, 0.15) is 19.8 Å². The molecule has 0 spiro atoms. The van der Waals surface area contributed by atoms with Crippen LogP contribution in [0.15, 0.2) is 0 Å². The fourth-order valence-corrected chi connectivity index (χ4v) is 0.952. The highest BCUT2D eigenvalue weighted by Crippen LogP contribution is 2.24. The van der Waals surface area contributed by atoms with Gasteiger partial charge in [-0.3, -0.25) is 0 Å². The Hall–Kier alpha value is -0.0400. The van der Waals surface area contributed by atoms with Gasteiger partial charge in [0.05, 0.1) is 0 Å². The highest BCUT2D eigenvalue weighted by Gasteiger charge is 2.24. The minimum absolute atomic E-state index is 0.922. The zero-order chi connectivity index (χ0) is 5.98. The molecule has 0 aromatic carbocycles. The van der Waals surface area contributed by atoms with E-state index in [9.17, 15) is 0 Å². The Morgan fingerprint density at radius 1 is 1.62 bits per heavy atom. The maximum atomic E-state index is 2.40. The highest BCUT2D eigenvalue weighted by molar-refractivity contribution is 4.83. The molecule has 0 saturated heterocycles. The van der Waals surface area contributed by atoms with Crippen LogP contribution in [-0.2, 0) is 0 Å². The molecule has 0 amide bonds. The fraction of sp³-hybridized carbons (Fsp3) is 0.857. The second kappa shape index (κ2) is 2.49. The Balaban J connectivity index is 2.03. The third-order valence-corrected chi connectivity index (χ3v) is 1.64. The molecule has 0 heterocycles. The molecule has 8 heavy (non-hydrogen) atoms. The van der Waals surface area contributed by atoms with Crippen molar-refractivity contribution in [2.24, 2.45) is 0 Å². The normalized spacial score (nSPS) is 19.9. The molecule has 1 rings (SSSR count). The van der Waals surface area contributed by atoms with Gasteiger partial charge >= 0.3 is 0 Å². The van der Waals surface area contributed by atoms with Gasteiger partial charge in [0.1, 0.15) is 0 Å². The van der Waals surface area contributed by atoms with Gasteiger partial charge in [-0.15, -0.1) is 0 Å². The third-order valence-electron chi connectivity index (χ3n) is 1.64. The lowest BCUT2D eigenvalue weighted by molar-refractivity contribution is 0.350. The van der Waals surface area contributed by atoms with Crippen molar-refractivity contribution in [2.45, 2.75) is 25.8 Å². The van der Waals surface area contributed by atoms with E-state index in [0.717, 1.165) is 12.6 Å². The summed E-state index contributed by atoms with van der Waals surface area (Å²) >= 11 is 0. The standard InChI is InChI=1S/C7H14N/c1-3-6-8(2)7-4-5-7/h3,7H,4-6H2,1-2H3. The lowest BCUT2D eigenvalue weighted by Gasteiger charge is -2.12. The Morgan fingerprint density at radius 3 is 2.62 bits per heavy atom. The number of nitrogens with zero attached hydrogens (tertiary/aromatic N) is 1. The Bertz CT molecular complexity index is 66.8. The first-order valence-corrected chi connectivity index (χ1v) is 3.32. The first kappa shape index (κ1) is 6.09. The lowest BCUT2D eigenvalue weighted by Crippen LogP contribution is -2.21. The molecule has 0 aromatic heterocycles. The van der Waals surface area contributed by atoms with Crippen LogP contribution in [0.2, 0.25) is 0 Å². The van der Waals surface area contributed by atoms with E-state index in [-0.39, 0.29) is 0 Å². The van der Waals surface area contributed by atoms with Crippen LogP contribution in [0.5, 0.6) is 0 Å². The van der Waals surface area contributed by atoms with Crippen molar-refractivity contribution in [2.75, 3.05) is 13.6 Å². The van der Waals surface area contributed by atoms with Gasteiger partial charge < -0.3 is 4.90 Å². The van der Waals surface area contributed by atoms with Crippen LogP contribution >= 0.6 is 0 Å². The van der Waals surface area contributed by atoms with Gasteiger partial charge in [0.15, 0.2) is 0 Å². The average Bonchev–Trinajstić information content (AvgIpc) is 2.45. The van der Waals surface area contributed by atoms with Crippen molar-refractivity contribution < 1.29 is 0 Å². The number of hydrogen-bond acceptors (Lipinski definition) is 1. The molecule has 1 nitrogen and oxygen atoms in total. The second-order valence-corrected chi connectivity index (χ2v) is 2.58. The highest BCUT2D eigenvalue weighted by atomic mass is 15.1. The van der Waals surface area contributed by atoms with Gasteiger partial charge in [0.25, 0.3) is 0 Å². The van der Waals surface area contributed by atoms with E-state index in [4.69, 9.17) is 0 Å². The summed E-state index contributed by atoms with van der Waals surface area (Å²) in [7, 11) is 2.19. The molecule has 0 aromatic rings. The number of hydrogen-bond donors (Lipinski definition) is 0. The molecular formula is C7H14N. The summed E-state index contributed by atoms with van der Waals surface area (Å²) in [5.41, 5.74) is 0. The molecule has 0 N–H and O–H groups in total. The largest absolute Gasteiger partial charge is 0.303 e. The van der Waals surface area contributed by atoms with Crippen LogP contribution in [0, 0.1) is 6.42 Å². The summed E-state index contributed by atoms with van der Waals surface area (Å²) in [6, 6.07) is 0.922. The van der Waals surface area contributed by atoms with E-state index >= 15 is 0 Å². The van der Waals surface area contributed by atoms with Gasteiger partial charge in [0, 0.05) is 12.6 Å². The Morgan fingerprint density at radius 2 is 2.25 bits per heavy atom. The summed E-state index contributed by atoms with van der Waals surface area (Å²) in [6.07, 6.45) is 5.05. The first-order chi connectivity index (χ1) is 3.84. The second-order valence-electron chi connectivity index (χ2n) is 2.58. The van der Waals surface area contributed by atoms with Crippen LogP contribution in [0.25, 0.3) is 0 Å². The molecule has 1 radical (unpaired) electrons. The van der Waals surface area contributed by atoms with E-state index in [1.54, 1.807) is 0 Å². The van der Waals surface area contributed by atoms with Gasteiger partial charge in [-0.1, -0.05) is 6.92 Å². The van der Waals surface area contributed by atoms with E-state index in [0.29, 0.717) is 0 Å². The Kier molecular flexibility index (Phi) is 1.90. The zero-order valence-corrected chi connectivity index (χ0v) is 5.72. The Labute approximate surface area is 51.7 Å².